The molecular formula is C16H15ClN2O2S. The fraction of sp³-hybridized carbons (Fsp3) is 0.250. The van der Waals surface area contributed by atoms with Crippen molar-refractivity contribution < 1.29 is 9.59 Å². The van der Waals surface area contributed by atoms with Crippen molar-refractivity contribution in [3.8, 4) is 0 Å². The maximum Gasteiger partial charge on any atom is 0.264 e. The van der Waals surface area contributed by atoms with Gasteiger partial charge < -0.3 is 9.80 Å². The molecule has 2 aromatic rings. The Balaban J connectivity index is 1.63. The quantitative estimate of drug-likeness (QED) is 0.847. The number of hydrogen-bond donors (Lipinski definition) is 0. The lowest BCUT2D eigenvalue weighted by Crippen LogP contribution is -2.50. The third-order valence-corrected chi connectivity index (χ3v) is 4.88. The van der Waals surface area contributed by atoms with Crippen LogP contribution in [0, 0.1) is 0 Å². The largest absolute Gasteiger partial charge is 0.335 e. The Morgan fingerprint density at radius 3 is 2.14 bits per heavy atom. The molecule has 4 nitrogen and oxygen atoms in total. The van der Waals surface area contributed by atoms with Gasteiger partial charge in [0.1, 0.15) is 0 Å². The molecule has 0 aliphatic carbocycles. The Morgan fingerprint density at radius 1 is 0.909 bits per heavy atom. The SMILES string of the molecule is O=C(c1cccs1)N1CCN(C(=O)c2ccccc2Cl)CC1. The summed E-state index contributed by atoms with van der Waals surface area (Å²) in [5.41, 5.74) is 0.516. The number of amides is 2. The van der Waals surface area contributed by atoms with Crippen molar-refractivity contribution in [1.29, 1.82) is 0 Å². The number of benzene rings is 1. The first kappa shape index (κ1) is 15.1. The maximum absolute atomic E-state index is 12.5. The molecule has 0 bridgehead atoms. The first-order valence-corrected chi connectivity index (χ1v) is 8.29. The average molecular weight is 335 g/mol. The molecule has 1 aliphatic heterocycles. The van der Waals surface area contributed by atoms with Crippen LogP contribution in [-0.2, 0) is 0 Å². The highest BCUT2D eigenvalue weighted by Gasteiger charge is 2.26. The van der Waals surface area contributed by atoms with E-state index in [4.69, 9.17) is 11.6 Å². The first-order valence-electron chi connectivity index (χ1n) is 7.03. The van der Waals surface area contributed by atoms with Gasteiger partial charge in [-0.2, -0.15) is 0 Å². The zero-order valence-corrected chi connectivity index (χ0v) is 13.4. The molecule has 0 atom stereocenters. The fourth-order valence-corrected chi connectivity index (χ4v) is 3.38. The van der Waals surface area contributed by atoms with E-state index in [1.165, 1.54) is 11.3 Å². The minimum absolute atomic E-state index is 0.0415. The lowest BCUT2D eigenvalue weighted by Gasteiger charge is -2.34. The number of hydrogen-bond acceptors (Lipinski definition) is 3. The molecule has 1 aromatic carbocycles. The van der Waals surface area contributed by atoms with Gasteiger partial charge in [-0.05, 0) is 23.6 Å². The maximum atomic E-state index is 12.5. The molecule has 6 heteroatoms. The van der Waals surface area contributed by atoms with Crippen LogP contribution < -0.4 is 0 Å². The number of rotatable bonds is 2. The van der Waals surface area contributed by atoms with Gasteiger partial charge in [-0.1, -0.05) is 29.8 Å². The predicted molar refractivity (Wildman–Crippen MR) is 87.6 cm³/mol. The van der Waals surface area contributed by atoms with E-state index in [-0.39, 0.29) is 11.8 Å². The van der Waals surface area contributed by atoms with Crippen molar-refractivity contribution in [2.24, 2.45) is 0 Å². The monoisotopic (exact) mass is 334 g/mol. The Morgan fingerprint density at radius 2 is 1.55 bits per heavy atom. The average Bonchev–Trinajstić information content (AvgIpc) is 3.09. The summed E-state index contributed by atoms with van der Waals surface area (Å²) in [6.45, 7) is 2.15. The summed E-state index contributed by atoms with van der Waals surface area (Å²) in [6.07, 6.45) is 0. The molecule has 0 unspecified atom stereocenters. The van der Waals surface area contributed by atoms with E-state index in [0.717, 1.165) is 4.88 Å². The summed E-state index contributed by atoms with van der Waals surface area (Å²) in [5, 5.41) is 2.36. The van der Waals surface area contributed by atoms with Crippen molar-refractivity contribution in [3.05, 3.63) is 57.2 Å². The van der Waals surface area contributed by atoms with Gasteiger partial charge in [0.15, 0.2) is 0 Å². The second kappa shape index (κ2) is 6.50. The highest BCUT2D eigenvalue weighted by Crippen LogP contribution is 2.19. The zero-order chi connectivity index (χ0) is 15.5. The van der Waals surface area contributed by atoms with Crippen LogP contribution in [0.2, 0.25) is 5.02 Å². The number of halogens is 1. The molecule has 1 aromatic heterocycles. The van der Waals surface area contributed by atoms with Gasteiger partial charge >= 0.3 is 0 Å². The van der Waals surface area contributed by atoms with E-state index in [9.17, 15) is 9.59 Å². The molecule has 1 fully saturated rings. The Kier molecular flexibility index (Phi) is 4.45. The molecule has 1 aliphatic rings. The number of carbonyl (C=O) groups is 2. The van der Waals surface area contributed by atoms with E-state index in [1.807, 2.05) is 17.5 Å². The van der Waals surface area contributed by atoms with Crippen molar-refractivity contribution in [3.63, 3.8) is 0 Å². The van der Waals surface area contributed by atoms with Crippen LogP contribution in [0.1, 0.15) is 20.0 Å². The highest BCUT2D eigenvalue weighted by molar-refractivity contribution is 7.12. The Hall–Kier alpha value is -1.85. The zero-order valence-electron chi connectivity index (χ0n) is 11.9. The molecule has 0 N–H and O–H groups in total. The molecular weight excluding hydrogens is 320 g/mol. The standard InChI is InChI=1S/C16H15ClN2O2S/c17-13-5-2-1-4-12(13)15(20)18-7-9-19(10-8-18)16(21)14-6-3-11-22-14/h1-6,11H,7-10H2. The van der Waals surface area contributed by atoms with E-state index in [1.54, 1.807) is 34.1 Å². The van der Waals surface area contributed by atoms with Gasteiger partial charge in [-0.15, -0.1) is 11.3 Å². The first-order chi connectivity index (χ1) is 10.7. The molecule has 3 rings (SSSR count). The lowest BCUT2D eigenvalue weighted by atomic mass is 10.2. The lowest BCUT2D eigenvalue weighted by molar-refractivity contribution is 0.0538. The van der Waals surface area contributed by atoms with E-state index in [0.29, 0.717) is 36.8 Å². The van der Waals surface area contributed by atoms with Crippen LogP contribution in [0.25, 0.3) is 0 Å². The van der Waals surface area contributed by atoms with Crippen LogP contribution in [0.3, 0.4) is 0 Å². The number of carbonyl (C=O) groups excluding carboxylic acids is 2. The molecule has 114 valence electrons. The Bertz CT molecular complexity index is 679. The molecule has 22 heavy (non-hydrogen) atoms. The van der Waals surface area contributed by atoms with Gasteiger partial charge in [0, 0.05) is 26.2 Å². The summed E-state index contributed by atoms with van der Waals surface area (Å²) < 4.78 is 0. The summed E-state index contributed by atoms with van der Waals surface area (Å²) in [5.74, 6) is -0.0336. The predicted octanol–water partition coefficient (Wildman–Crippen LogP) is 3.00. The van der Waals surface area contributed by atoms with Crippen molar-refractivity contribution in [2.75, 3.05) is 26.2 Å². The third kappa shape index (κ3) is 3.00. The summed E-state index contributed by atoms with van der Waals surface area (Å²) in [7, 11) is 0. The minimum atomic E-state index is -0.0752. The van der Waals surface area contributed by atoms with E-state index < -0.39 is 0 Å². The van der Waals surface area contributed by atoms with Crippen LogP contribution in [0.4, 0.5) is 0 Å². The fourth-order valence-electron chi connectivity index (χ4n) is 2.47. The van der Waals surface area contributed by atoms with Crippen LogP contribution in [0.5, 0.6) is 0 Å². The summed E-state index contributed by atoms with van der Waals surface area (Å²) in [6, 6.07) is 10.7. The van der Waals surface area contributed by atoms with Crippen molar-refractivity contribution in [2.45, 2.75) is 0 Å². The van der Waals surface area contributed by atoms with Crippen LogP contribution in [0.15, 0.2) is 41.8 Å². The highest BCUT2D eigenvalue weighted by atomic mass is 35.5. The molecule has 2 amide bonds. The smallest absolute Gasteiger partial charge is 0.264 e. The molecule has 2 heterocycles. The molecule has 0 radical (unpaired) electrons. The van der Waals surface area contributed by atoms with Crippen LogP contribution in [-0.4, -0.2) is 47.8 Å². The number of piperazine rings is 1. The number of nitrogens with zero attached hydrogens (tertiary/aromatic N) is 2. The van der Waals surface area contributed by atoms with Crippen molar-refractivity contribution in [1.82, 2.24) is 9.80 Å². The van der Waals surface area contributed by atoms with Crippen molar-refractivity contribution >= 4 is 34.8 Å². The molecule has 1 saturated heterocycles. The Labute approximate surface area is 137 Å². The minimum Gasteiger partial charge on any atom is -0.335 e. The van der Waals surface area contributed by atoms with E-state index in [2.05, 4.69) is 0 Å². The number of thiophene rings is 1. The molecule has 0 saturated carbocycles. The normalized spacial score (nSPS) is 15.0. The van der Waals surface area contributed by atoms with Gasteiger partial charge in [0.2, 0.25) is 0 Å². The van der Waals surface area contributed by atoms with Gasteiger partial charge in [-0.3, -0.25) is 9.59 Å². The van der Waals surface area contributed by atoms with E-state index >= 15 is 0 Å². The second-order valence-corrected chi connectivity index (χ2v) is 6.40. The summed E-state index contributed by atoms with van der Waals surface area (Å²) in [4.78, 5) is 29.0. The van der Waals surface area contributed by atoms with Gasteiger partial charge in [0.05, 0.1) is 15.5 Å². The molecule has 0 spiro atoms. The summed E-state index contributed by atoms with van der Waals surface area (Å²) >= 11 is 7.52. The third-order valence-electron chi connectivity index (χ3n) is 3.69. The second-order valence-electron chi connectivity index (χ2n) is 5.04. The van der Waals surface area contributed by atoms with Crippen LogP contribution >= 0.6 is 22.9 Å². The van der Waals surface area contributed by atoms with Gasteiger partial charge in [0.25, 0.3) is 11.8 Å². The topological polar surface area (TPSA) is 40.6 Å². The van der Waals surface area contributed by atoms with Gasteiger partial charge in [-0.25, -0.2) is 0 Å².